The number of amidine groups is 1. The van der Waals surface area contributed by atoms with E-state index < -0.39 is 0 Å². The predicted molar refractivity (Wildman–Crippen MR) is 77.8 cm³/mol. The number of hydrogen-bond acceptors (Lipinski definition) is 3. The van der Waals surface area contributed by atoms with Crippen molar-refractivity contribution in [2.45, 2.75) is 70.9 Å². The molecule has 3 atom stereocenters. The summed E-state index contributed by atoms with van der Waals surface area (Å²) in [6.45, 7) is 4.64. The third-order valence-corrected chi connectivity index (χ3v) is 4.98. The normalized spacial score (nSPS) is 34.9. The number of hydrogen-bond donors (Lipinski definition) is 1. The molecule has 1 saturated carbocycles. The van der Waals surface area contributed by atoms with Gasteiger partial charge in [-0.25, -0.2) is 0 Å². The first-order valence-corrected chi connectivity index (χ1v) is 8.23. The highest BCUT2D eigenvalue weighted by Crippen LogP contribution is 2.24. The van der Waals surface area contributed by atoms with Gasteiger partial charge in [0.05, 0.1) is 6.04 Å². The zero-order valence-corrected chi connectivity index (χ0v) is 12.1. The minimum Gasteiger partial charge on any atom is -0.362 e. The molecule has 1 aliphatic heterocycles. The summed E-state index contributed by atoms with van der Waals surface area (Å²) in [5.74, 6) is 2.17. The van der Waals surface area contributed by atoms with Crippen molar-refractivity contribution in [2.24, 2.45) is 10.9 Å². The Morgan fingerprint density at radius 2 is 2.12 bits per heavy atom. The van der Waals surface area contributed by atoms with Gasteiger partial charge in [-0.3, -0.25) is 4.99 Å². The first-order chi connectivity index (χ1) is 8.28. The second-order valence-electron chi connectivity index (χ2n) is 5.59. The SMILES string of the molecule is CCC1CCSC(NC2CCCC(C)CC2)=N1. The summed E-state index contributed by atoms with van der Waals surface area (Å²) in [6.07, 6.45) is 9.29. The molecular formula is C14H26N2S. The lowest BCUT2D eigenvalue weighted by Gasteiger charge is -2.24. The Hall–Kier alpha value is -0.180. The van der Waals surface area contributed by atoms with Crippen LogP contribution in [0.4, 0.5) is 0 Å². The molecule has 17 heavy (non-hydrogen) atoms. The Morgan fingerprint density at radius 3 is 2.94 bits per heavy atom. The van der Waals surface area contributed by atoms with Crippen LogP contribution in [0.3, 0.4) is 0 Å². The molecule has 0 bridgehead atoms. The molecule has 1 aliphatic carbocycles. The summed E-state index contributed by atoms with van der Waals surface area (Å²) in [7, 11) is 0. The average Bonchev–Trinajstić information content (AvgIpc) is 2.55. The van der Waals surface area contributed by atoms with Crippen LogP contribution in [0.15, 0.2) is 4.99 Å². The molecule has 1 N–H and O–H groups in total. The molecule has 0 spiro atoms. The summed E-state index contributed by atoms with van der Waals surface area (Å²) >= 11 is 1.92. The van der Waals surface area contributed by atoms with Gasteiger partial charge in [-0.05, 0) is 38.0 Å². The maximum atomic E-state index is 4.81. The third kappa shape index (κ3) is 4.20. The van der Waals surface area contributed by atoms with E-state index >= 15 is 0 Å². The maximum Gasteiger partial charge on any atom is 0.157 e. The second kappa shape index (κ2) is 6.67. The molecule has 0 saturated heterocycles. The molecule has 0 aromatic carbocycles. The minimum atomic E-state index is 0.573. The molecule has 1 heterocycles. The summed E-state index contributed by atoms with van der Waals surface area (Å²) in [5, 5.41) is 4.92. The molecule has 0 radical (unpaired) electrons. The number of nitrogens with zero attached hydrogens (tertiary/aromatic N) is 1. The summed E-state index contributed by atoms with van der Waals surface area (Å²) < 4.78 is 0. The van der Waals surface area contributed by atoms with Gasteiger partial charge in [0.1, 0.15) is 0 Å². The van der Waals surface area contributed by atoms with Crippen LogP contribution in [0.2, 0.25) is 0 Å². The fourth-order valence-electron chi connectivity index (χ4n) is 2.74. The molecule has 2 nitrogen and oxygen atoms in total. The molecule has 0 aromatic rings. The van der Waals surface area contributed by atoms with Crippen LogP contribution in [0, 0.1) is 5.92 Å². The van der Waals surface area contributed by atoms with E-state index in [1.807, 2.05) is 11.8 Å². The van der Waals surface area contributed by atoms with E-state index in [9.17, 15) is 0 Å². The molecule has 3 unspecified atom stereocenters. The molecule has 98 valence electrons. The zero-order valence-electron chi connectivity index (χ0n) is 11.2. The van der Waals surface area contributed by atoms with Gasteiger partial charge in [-0.15, -0.1) is 0 Å². The maximum absolute atomic E-state index is 4.81. The van der Waals surface area contributed by atoms with Crippen LogP contribution in [-0.4, -0.2) is 23.0 Å². The van der Waals surface area contributed by atoms with E-state index in [2.05, 4.69) is 19.2 Å². The topological polar surface area (TPSA) is 24.4 Å². The van der Waals surface area contributed by atoms with Crippen molar-refractivity contribution in [1.29, 1.82) is 0 Å². The van der Waals surface area contributed by atoms with Gasteiger partial charge in [-0.2, -0.15) is 0 Å². The van der Waals surface area contributed by atoms with Crippen molar-refractivity contribution in [3.05, 3.63) is 0 Å². The van der Waals surface area contributed by atoms with Crippen LogP contribution in [-0.2, 0) is 0 Å². The number of rotatable bonds is 2. The average molecular weight is 254 g/mol. The fraction of sp³-hybridized carbons (Fsp3) is 0.929. The van der Waals surface area contributed by atoms with Crippen LogP contribution >= 0.6 is 11.8 Å². The Kier molecular flexibility index (Phi) is 5.20. The van der Waals surface area contributed by atoms with Crippen LogP contribution in [0.25, 0.3) is 0 Å². The molecule has 2 aliphatic rings. The molecule has 2 rings (SSSR count). The quantitative estimate of drug-likeness (QED) is 0.758. The highest BCUT2D eigenvalue weighted by Gasteiger charge is 2.19. The monoisotopic (exact) mass is 254 g/mol. The van der Waals surface area contributed by atoms with Crippen molar-refractivity contribution in [3.63, 3.8) is 0 Å². The Labute approximate surface area is 110 Å². The van der Waals surface area contributed by atoms with Crippen molar-refractivity contribution in [1.82, 2.24) is 5.32 Å². The van der Waals surface area contributed by atoms with Gasteiger partial charge in [0.15, 0.2) is 5.17 Å². The van der Waals surface area contributed by atoms with E-state index in [4.69, 9.17) is 4.99 Å². The lowest BCUT2D eigenvalue weighted by atomic mass is 10.0. The van der Waals surface area contributed by atoms with Gasteiger partial charge in [0.25, 0.3) is 0 Å². The third-order valence-electron chi connectivity index (χ3n) is 4.05. The minimum absolute atomic E-state index is 0.573. The standard InChI is InChI=1S/C14H26N2S/c1-3-12-9-10-17-14(15-12)16-13-6-4-5-11(2)7-8-13/h11-13H,3-10H2,1-2H3,(H,15,16). The molecule has 1 fully saturated rings. The Balaban J connectivity index is 1.85. The lowest BCUT2D eigenvalue weighted by molar-refractivity contribution is 0.489. The van der Waals surface area contributed by atoms with E-state index in [-0.39, 0.29) is 0 Å². The Morgan fingerprint density at radius 1 is 1.24 bits per heavy atom. The van der Waals surface area contributed by atoms with E-state index in [0.717, 1.165) is 5.92 Å². The van der Waals surface area contributed by atoms with Crippen molar-refractivity contribution in [2.75, 3.05) is 5.75 Å². The first-order valence-electron chi connectivity index (χ1n) is 7.25. The van der Waals surface area contributed by atoms with Crippen LogP contribution in [0.1, 0.15) is 58.8 Å². The summed E-state index contributed by atoms with van der Waals surface area (Å²) in [4.78, 5) is 4.81. The van der Waals surface area contributed by atoms with Crippen LogP contribution < -0.4 is 5.32 Å². The van der Waals surface area contributed by atoms with Gasteiger partial charge in [0, 0.05) is 11.8 Å². The molecule has 0 amide bonds. The summed E-state index contributed by atoms with van der Waals surface area (Å²) in [5.41, 5.74) is 0. The smallest absolute Gasteiger partial charge is 0.157 e. The van der Waals surface area contributed by atoms with Crippen molar-refractivity contribution < 1.29 is 0 Å². The molecule has 0 aromatic heterocycles. The van der Waals surface area contributed by atoms with Crippen molar-refractivity contribution in [3.8, 4) is 0 Å². The van der Waals surface area contributed by atoms with Gasteiger partial charge >= 0.3 is 0 Å². The second-order valence-corrected chi connectivity index (χ2v) is 6.67. The number of thioether (sulfide) groups is 1. The number of aliphatic imine (C=N–C) groups is 1. The molecular weight excluding hydrogens is 228 g/mol. The van der Waals surface area contributed by atoms with Gasteiger partial charge < -0.3 is 5.32 Å². The lowest BCUT2D eigenvalue weighted by Crippen LogP contribution is -2.35. The number of nitrogens with one attached hydrogen (secondary N) is 1. The van der Waals surface area contributed by atoms with Gasteiger partial charge in [-0.1, -0.05) is 38.5 Å². The zero-order chi connectivity index (χ0) is 12.1. The van der Waals surface area contributed by atoms with Gasteiger partial charge in [0.2, 0.25) is 0 Å². The van der Waals surface area contributed by atoms with Crippen LogP contribution in [0.5, 0.6) is 0 Å². The van der Waals surface area contributed by atoms with E-state index in [0.29, 0.717) is 12.1 Å². The van der Waals surface area contributed by atoms with E-state index in [1.54, 1.807) is 0 Å². The fourth-order valence-corrected chi connectivity index (χ4v) is 3.80. The Bertz CT molecular complexity index is 265. The largest absolute Gasteiger partial charge is 0.362 e. The van der Waals surface area contributed by atoms with Crippen molar-refractivity contribution >= 4 is 16.9 Å². The molecule has 3 heteroatoms. The first kappa shape index (κ1) is 13.3. The summed E-state index contributed by atoms with van der Waals surface area (Å²) in [6, 6.07) is 1.25. The highest BCUT2D eigenvalue weighted by molar-refractivity contribution is 8.13. The predicted octanol–water partition coefficient (Wildman–Crippen LogP) is 3.82. The highest BCUT2D eigenvalue weighted by atomic mass is 32.2. The van der Waals surface area contributed by atoms with E-state index in [1.165, 1.54) is 55.9 Å².